The molecule has 0 heterocycles. The minimum Gasteiger partial charge on any atom is -0.497 e. The summed E-state index contributed by atoms with van der Waals surface area (Å²) in [4.78, 5) is 27.4. The predicted molar refractivity (Wildman–Crippen MR) is 189 cm³/mol. The van der Waals surface area contributed by atoms with Crippen molar-refractivity contribution in [2.75, 3.05) is 7.11 Å². The molecule has 0 aliphatic heterocycles. The van der Waals surface area contributed by atoms with Gasteiger partial charge in [0.15, 0.2) is 6.10 Å². The monoisotopic (exact) mass is 658 g/mol. The highest BCUT2D eigenvalue weighted by atomic mass is 16.5. The molecule has 3 unspecified atom stereocenters. The maximum atomic E-state index is 13.7. The Kier molecular flexibility index (Phi) is 12.3. The van der Waals surface area contributed by atoms with Crippen LogP contribution in [-0.4, -0.2) is 52.5 Å². The Morgan fingerprint density at radius 2 is 1.08 bits per heavy atom. The largest absolute Gasteiger partial charge is 0.497 e. The van der Waals surface area contributed by atoms with Gasteiger partial charge in [0, 0.05) is 12.3 Å². The van der Waals surface area contributed by atoms with Gasteiger partial charge in [0.05, 0.1) is 19.2 Å². The molecule has 0 fully saturated rings. The van der Waals surface area contributed by atoms with Crippen LogP contribution in [0.5, 0.6) is 5.75 Å². The van der Waals surface area contributed by atoms with Crippen molar-refractivity contribution in [3.8, 4) is 5.75 Å². The number of hydrogen-bond donors (Lipinski definition) is 5. The molecule has 0 aromatic heterocycles. The van der Waals surface area contributed by atoms with Gasteiger partial charge in [-0.1, -0.05) is 133 Å². The summed E-state index contributed by atoms with van der Waals surface area (Å²) < 4.78 is 5.28. The minimum absolute atomic E-state index is 0.0709. The SMILES string of the molecule is COc1ccc(CC(NC(=O)CC(c2ccccc2)c2ccccc2)C(O)C(O)C(=O)N[C@@H](c2ccccc2)[C@H](O)c2ccccc2)cc1. The second kappa shape index (κ2) is 17.2. The normalized spacial score (nSPS) is 14.2. The van der Waals surface area contributed by atoms with Crippen molar-refractivity contribution in [2.24, 2.45) is 0 Å². The highest BCUT2D eigenvalue weighted by Crippen LogP contribution is 2.30. The lowest BCUT2D eigenvalue weighted by Crippen LogP contribution is -2.55. The Hall–Kier alpha value is -5.28. The Morgan fingerprint density at radius 1 is 0.612 bits per heavy atom. The van der Waals surface area contributed by atoms with Crippen LogP contribution >= 0.6 is 0 Å². The van der Waals surface area contributed by atoms with Gasteiger partial charge >= 0.3 is 0 Å². The quantitative estimate of drug-likeness (QED) is 0.105. The first-order valence-corrected chi connectivity index (χ1v) is 16.3. The molecular formula is C41H42N2O6. The maximum absolute atomic E-state index is 13.7. The molecule has 0 bridgehead atoms. The van der Waals surface area contributed by atoms with Gasteiger partial charge in [-0.3, -0.25) is 9.59 Å². The van der Waals surface area contributed by atoms with E-state index in [9.17, 15) is 24.9 Å². The molecule has 5 N–H and O–H groups in total. The van der Waals surface area contributed by atoms with Crippen molar-refractivity contribution in [3.05, 3.63) is 173 Å². The third kappa shape index (κ3) is 9.42. The van der Waals surface area contributed by atoms with Gasteiger partial charge in [0.25, 0.3) is 5.91 Å². The van der Waals surface area contributed by atoms with Crippen LogP contribution in [0.1, 0.15) is 52.3 Å². The second-order valence-electron chi connectivity index (χ2n) is 12.0. The third-order valence-corrected chi connectivity index (χ3v) is 8.67. The molecule has 0 aliphatic carbocycles. The zero-order chi connectivity index (χ0) is 34.6. The van der Waals surface area contributed by atoms with Gasteiger partial charge < -0.3 is 30.7 Å². The summed E-state index contributed by atoms with van der Waals surface area (Å²) in [7, 11) is 1.56. The number of carbonyl (C=O) groups is 2. The van der Waals surface area contributed by atoms with E-state index < -0.39 is 36.3 Å². The third-order valence-electron chi connectivity index (χ3n) is 8.67. The summed E-state index contributed by atoms with van der Waals surface area (Å²) >= 11 is 0. The van der Waals surface area contributed by atoms with Crippen molar-refractivity contribution in [1.82, 2.24) is 10.6 Å². The van der Waals surface area contributed by atoms with Crippen molar-refractivity contribution in [1.29, 1.82) is 0 Å². The summed E-state index contributed by atoms with van der Waals surface area (Å²) in [5.41, 5.74) is 3.86. The fraction of sp³-hybridized carbons (Fsp3) is 0.220. The smallest absolute Gasteiger partial charge is 0.252 e. The molecule has 0 saturated heterocycles. The molecule has 5 rings (SSSR count). The lowest BCUT2D eigenvalue weighted by atomic mass is 9.88. The number of ether oxygens (including phenoxy) is 1. The lowest BCUT2D eigenvalue weighted by Gasteiger charge is -2.30. The van der Waals surface area contributed by atoms with Crippen LogP contribution in [0.2, 0.25) is 0 Å². The highest BCUT2D eigenvalue weighted by Gasteiger charge is 2.35. The second-order valence-corrected chi connectivity index (χ2v) is 12.0. The number of nitrogens with one attached hydrogen (secondary N) is 2. The zero-order valence-electron chi connectivity index (χ0n) is 27.3. The van der Waals surface area contributed by atoms with E-state index in [1.54, 1.807) is 79.9 Å². The molecule has 0 aliphatic rings. The standard InChI is InChI=1S/C41H42N2O6/c1-49-33-24-22-28(23-25-33)26-35(42-36(44)27-34(29-14-6-2-7-15-29)30-16-8-3-9-17-30)39(46)40(47)41(48)43-37(31-18-10-4-11-19-31)38(45)32-20-12-5-13-21-32/h2-25,34-35,37-40,45-47H,26-27H2,1H3,(H,42,44)(H,43,48)/t35?,37-,38+,39?,40?/m0/s1. The van der Waals surface area contributed by atoms with Gasteiger partial charge in [-0.2, -0.15) is 0 Å². The molecule has 2 amide bonds. The predicted octanol–water partition coefficient (Wildman–Crippen LogP) is 5.26. The highest BCUT2D eigenvalue weighted by molar-refractivity contribution is 5.82. The lowest BCUT2D eigenvalue weighted by molar-refractivity contribution is -0.139. The molecule has 5 aromatic rings. The van der Waals surface area contributed by atoms with Gasteiger partial charge in [-0.05, 0) is 46.4 Å². The number of methoxy groups -OCH3 is 1. The Morgan fingerprint density at radius 3 is 1.57 bits per heavy atom. The van der Waals surface area contributed by atoms with Crippen molar-refractivity contribution in [3.63, 3.8) is 0 Å². The van der Waals surface area contributed by atoms with Crippen LogP contribution < -0.4 is 15.4 Å². The molecule has 0 saturated carbocycles. The van der Waals surface area contributed by atoms with E-state index in [1.807, 2.05) is 72.8 Å². The molecule has 8 nitrogen and oxygen atoms in total. The van der Waals surface area contributed by atoms with Gasteiger partial charge in [-0.15, -0.1) is 0 Å². The maximum Gasteiger partial charge on any atom is 0.252 e. The number of hydrogen-bond acceptors (Lipinski definition) is 6. The summed E-state index contributed by atoms with van der Waals surface area (Å²) in [6.45, 7) is 0. The molecule has 0 spiro atoms. The number of amides is 2. The average Bonchev–Trinajstić information content (AvgIpc) is 3.16. The molecular weight excluding hydrogens is 616 g/mol. The van der Waals surface area contributed by atoms with Gasteiger partial charge in [0.2, 0.25) is 5.91 Å². The van der Waals surface area contributed by atoms with Crippen LogP contribution in [-0.2, 0) is 16.0 Å². The fourth-order valence-corrected chi connectivity index (χ4v) is 5.98. The number of carbonyl (C=O) groups excluding carboxylic acids is 2. The fourth-order valence-electron chi connectivity index (χ4n) is 5.98. The van der Waals surface area contributed by atoms with E-state index >= 15 is 0 Å². The van der Waals surface area contributed by atoms with E-state index in [0.717, 1.165) is 16.7 Å². The Balaban J connectivity index is 1.38. The number of rotatable bonds is 15. The average molecular weight is 659 g/mol. The zero-order valence-corrected chi connectivity index (χ0v) is 27.3. The number of aliphatic hydroxyl groups is 3. The first kappa shape index (κ1) is 35.0. The first-order chi connectivity index (χ1) is 23.8. The van der Waals surface area contributed by atoms with E-state index in [4.69, 9.17) is 4.74 Å². The van der Waals surface area contributed by atoms with Crippen molar-refractivity contribution in [2.45, 2.75) is 49.2 Å². The summed E-state index contributed by atoms with van der Waals surface area (Å²) in [5, 5.41) is 39.8. The van der Waals surface area contributed by atoms with Crippen LogP contribution in [0.3, 0.4) is 0 Å². The molecule has 5 aromatic carbocycles. The molecule has 252 valence electrons. The van der Waals surface area contributed by atoms with Crippen LogP contribution in [0.4, 0.5) is 0 Å². The van der Waals surface area contributed by atoms with Gasteiger partial charge in [0.1, 0.15) is 18.0 Å². The van der Waals surface area contributed by atoms with Crippen molar-refractivity contribution < 1.29 is 29.6 Å². The van der Waals surface area contributed by atoms with Crippen molar-refractivity contribution >= 4 is 11.8 Å². The van der Waals surface area contributed by atoms with E-state index in [1.165, 1.54) is 0 Å². The minimum atomic E-state index is -1.93. The topological polar surface area (TPSA) is 128 Å². The van der Waals surface area contributed by atoms with Crippen LogP contribution in [0.25, 0.3) is 0 Å². The summed E-state index contributed by atoms with van der Waals surface area (Å²) in [5.74, 6) is -0.872. The molecule has 0 radical (unpaired) electrons. The van der Waals surface area contributed by atoms with Crippen LogP contribution in [0, 0.1) is 0 Å². The van der Waals surface area contributed by atoms with Crippen LogP contribution in [0.15, 0.2) is 146 Å². The Bertz CT molecular complexity index is 1700. The number of benzene rings is 5. The summed E-state index contributed by atoms with van der Waals surface area (Å²) in [6.07, 6.45) is -4.57. The summed E-state index contributed by atoms with van der Waals surface area (Å²) in [6, 6.07) is 42.4. The first-order valence-electron chi connectivity index (χ1n) is 16.3. The van der Waals surface area contributed by atoms with E-state index in [0.29, 0.717) is 16.9 Å². The van der Waals surface area contributed by atoms with E-state index in [-0.39, 0.29) is 24.7 Å². The van der Waals surface area contributed by atoms with E-state index in [2.05, 4.69) is 10.6 Å². The molecule has 8 heteroatoms. The molecule has 49 heavy (non-hydrogen) atoms. The number of aliphatic hydroxyl groups excluding tert-OH is 3. The Labute approximate surface area is 287 Å². The molecule has 5 atom stereocenters. The van der Waals surface area contributed by atoms with Gasteiger partial charge in [-0.25, -0.2) is 0 Å².